The Morgan fingerprint density at radius 1 is 0.917 bits per heavy atom. The van der Waals surface area contributed by atoms with Gasteiger partial charge in [0.25, 0.3) is 0 Å². The van der Waals surface area contributed by atoms with E-state index in [1.165, 1.54) is 12.1 Å². The van der Waals surface area contributed by atoms with Crippen LogP contribution in [0.1, 0.15) is 5.56 Å². The van der Waals surface area contributed by atoms with Gasteiger partial charge in [-0.3, -0.25) is 5.32 Å². The molecular weight excluding hydrogens is 319 g/mol. The van der Waals surface area contributed by atoms with Crippen LogP contribution in [0.5, 0.6) is 0 Å². The van der Waals surface area contributed by atoms with Gasteiger partial charge in [0.2, 0.25) is 0 Å². The van der Waals surface area contributed by atoms with E-state index in [2.05, 4.69) is 15.6 Å². The second kappa shape index (κ2) is 6.19. The van der Waals surface area contributed by atoms with E-state index in [4.69, 9.17) is 0 Å². The lowest BCUT2D eigenvalue weighted by Crippen LogP contribution is -2.20. The number of amides is 2. The third-order valence-corrected chi connectivity index (χ3v) is 3.38. The molecule has 7 heteroatoms. The van der Waals surface area contributed by atoms with Crippen LogP contribution in [0.4, 0.5) is 29.5 Å². The summed E-state index contributed by atoms with van der Waals surface area (Å²) < 4.78 is 37.5. The number of alkyl halides is 3. The van der Waals surface area contributed by atoms with Gasteiger partial charge >= 0.3 is 12.2 Å². The smallest absolute Gasteiger partial charge is 0.308 e. The fraction of sp³-hybridized carbons (Fsp3) is 0.0588. The number of aromatic nitrogens is 1. The lowest BCUT2D eigenvalue weighted by atomic mass is 10.1. The highest BCUT2D eigenvalue weighted by Gasteiger charge is 2.29. The number of hydrogen-bond donors (Lipinski definition) is 2. The Kier molecular flexibility index (Phi) is 4.07. The molecule has 3 rings (SSSR count). The molecule has 2 aromatic carbocycles. The summed E-state index contributed by atoms with van der Waals surface area (Å²) in [4.78, 5) is 16.1. The number of nitrogens with one attached hydrogen (secondary N) is 2. The van der Waals surface area contributed by atoms with Crippen molar-refractivity contribution < 1.29 is 18.0 Å². The van der Waals surface area contributed by atoms with Crippen LogP contribution in [0, 0.1) is 0 Å². The first-order chi connectivity index (χ1) is 11.4. The molecule has 1 aromatic heterocycles. The summed E-state index contributed by atoms with van der Waals surface area (Å²) in [5, 5.41) is 6.75. The zero-order valence-corrected chi connectivity index (χ0v) is 12.3. The number of anilines is 2. The number of rotatable bonds is 2. The molecule has 0 aliphatic rings. The lowest BCUT2D eigenvalue weighted by molar-refractivity contribution is -0.137. The van der Waals surface area contributed by atoms with Gasteiger partial charge in [-0.25, -0.2) is 9.78 Å². The molecule has 0 radical (unpaired) electrons. The molecule has 4 nitrogen and oxygen atoms in total. The molecule has 122 valence electrons. The number of fused-ring (bicyclic) bond motifs is 1. The highest BCUT2D eigenvalue weighted by molar-refractivity contribution is 6.04. The average molecular weight is 331 g/mol. The van der Waals surface area contributed by atoms with Crippen LogP contribution in [0.25, 0.3) is 10.8 Å². The quantitative estimate of drug-likeness (QED) is 0.702. The van der Waals surface area contributed by atoms with Gasteiger partial charge in [-0.2, -0.15) is 13.2 Å². The molecule has 3 aromatic rings. The molecule has 0 saturated heterocycles. The number of benzene rings is 2. The van der Waals surface area contributed by atoms with Crippen LogP contribution in [-0.2, 0) is 6.18 Å². The van der Waals surface area contributed by atoms with Gasteiger partial charge in [-0.05, 0) is 35.7 Å². The minimum Gasteiger partial charge on any atom is -0.308 e. The standard InChI is InChI=1S/C17H12F3N3O/c18-17(19,20)12-5-7-13(8-6-12)22-16(24)23-15-14-4-2-1-3-11(14)9-10-21-15/h1-10H,(H2,21,22,23,24). The predicted octanol–water partition coefficient (Wildman–Crippen LogP) is 4.90. The van der Waals surface area contributed by atoms with Crippen LogP contribution in [0.2, 0.25) is 0 Å². The Morgan fingerprint density at radius 3 is 2.33 bits per heavy atom. The number of carbonyl (C=O) groups excluding carboxylic acids is 1. The van der Waals surface area contributed by atoms with Crippen molar-refractivity contribution in [3.05, 3.63) is 66.4 Å². The highest BCUT2D eigenvalue weighted by Crippen LogP contribution is 2.29. The molecular formula is C17H12F3N3O. The number of nitrogens with zero attached hydrogens (tertiary/aromatic N) is 1. The maximum Gasteiger partial charge on any atom is 0.416 e. The van der Waals surface area contributed by atoms with Gasteiger partial charge < -0.3 is 5.32 Å². The Hall–Kier alpha value is -3.09. The summed E-state index contributed by atoms with van der Waals surface area (Å²) in [6, 6.07) is 12.8. The van der Waals surface area contributed by atoms with E-state index in [9.17, 15) is 18.0 Å². The summed E-state index contributed by atoms with van der Waals surface area (Å²) in [5.74, 6) is 0.373. The Morgan fingerprint density at radius 2 is 1.62 bits per heavy atom. The highest BCUT2D eigenvalue weighted by atomic mass is 19.4. The van der Waals surface area contributed by atoms with Gasteiger partial charge in [0.15, 0.2) is 0 Å². The van der Waals surface area contributed by atoms with Crippen LogP contribution >= 0.6 is 0 Å². The second-order valence-electron chi connectivity index (χ2n) is 5.03. The topological polar surface area (TPSA) is 54.0 Å². The number of halogens is 3. The maximum atomic E-state index is 12.5. The summed E-state index contributed by atoms with van der Waals surface area (Å²) in [6.45, 7) is 0. The molecule has 1 heterocycles. The van der Waals surface area contributed by atoms with E-state index < -0.39 is 17.8 Å². The SMILES string of the molecule is O=C(Nc1ccc(C(F)(F)F)cc1)Nc1nccc2ccccc12. The maximum absolute atomic E-state index is 12.5. The van der Waals surface area contributed by atoms with E-state index in [0.717, 1.165) is 22.9 Å². The van der Waals surface area contributed by atoms with Gasteiger partial charge in [-0.1, -0.05) is 24.3 Å². The predicted molar refractivity (Wildman–Crippen MR) is 85.8 cm³/mol. The zero-order chi connectivity index (χ0) is 17.2. The molecule has 2 N–H and O–H groups in total. The average Bonchev–Trinajstić information content (AvgIpc) is 2.55. The number of pyridine rings is 1. The van der Waals surface area contributed by atoms with Gasteiger partial charge in [0, 0.05) is 17.3 Å². The van der Waals surface area contributed by atoms with E-state index in [1.54, 1.807) is 6.20 Å². The summed E-state index contributed by atoms with van der Waals surface area (Å²) in [6.07, 6.45) is -2.84. The van der Waals surface area contributed by atoms with Crippen molar-refractivity contribution in [2.75, 3.05) is 10.6 Å². The van der Waals surface area contributed by atoms with E-state index >= 15 is 0 Å². The van der Waals surface area contributed by atoms with Crippen LogP contribution in [-0.4, -0.2) is 11.0 Å². The Balaban J connectivity index is 1.73. The van der Waals surface area contributed by atoms with Gasteiger partial charge in [-0.15, -0.1) is 0 Å². The van der Waals surface area contributed by atoms with Crippen LogP contribution < -0.4 is 10.6 Å². The fourth-order valence-electron chi connectivity index (χ4n) is 2.23. The summed E-state index contributed by atoms with van der Waals surface area (Å²) in [7, 11) is 0. The minimum atomic E-state index is -4.41. The summed E-state index contributed by atoms with van der Waals surface area (Å²) in [5.41, 5.74) is -0.523. The van der Waals surface area contributed by atoms with E-state index in [1.807, 2.05) is 30.3 Å². The number of carbonyl (C=O) groups is 1. The number of urea groups is 1. The first-order valence-electron chi connectivity index (χ1n) is 7.02. The van der Waals surface area contributed by atoms with Crippen molar-refractivity contribution in [1.29, 1.82) is 0 Å². The monoisotopic (exact) mass is 331 g/mol. The lowest BCUT2D eigenvalue weighted by Gasteiger charge is -2.10. The Labute approximate surface area is 135 Å². The normalized spacial score (nSPS) is 11.3. The van der Waals surface area contributed by atoms with Crippen molar-refractivity contribution in [3.8, 4) is 0 Å². The first kappa shape index (κ1) is 15.8. The molecule has 0 aliphatic heterocycles. The van der Waals surface area contributed by atoms with Crippen molar-refractivity contribution in [1.82, 2.24) is 4.98 Å². The third kappa shape index (κ3) is 3.45. The molecule has 24 heavy (non-hydrogen) atoms. The van der Waals surface area contributed by atoms with Crippen molar-refractivity contribution in [2.45, 2.75) is 6.18 Å². The molecule has 0 bridgehead atoms. The largest absolute Gasteiger partial charge is 0.416 e. The zero-order valence-electron chi connectivity index (χ0n) is 12.3. The van der Waals surface area contributed by atoms with Crippen molar-refractivity contribution >= 4 is 28.3 Å². The fourth-order valence-corrected chi connectivity index (χ4v) is 2.23. The molecule has 0 saturated carbocycles. The molecule has 2 amide bonds. The molecule has 0 spiro atoms. The third-order valence-electron chi connectivity index (χ3n) is 3.38. The molecule has 0 atom stereocenters. The molecule has 0 fully saturated rings. The summed E-state index contributed by atoms with van der Waals surface area (Å²) >= 11 is 0. The van der Waals surface area contributed by atoms with Gasteiger partial charge in [0.1, 0.15) is 5.82 Å². The van der Waals surface area contributed by atoms with E-state index in [0.29, 0.717) is 5.82 Å². The minimum absolute atomic E-state index is 0.251. The van der Waals surface area contributed by atoms with E-state index in [-0.39, 0.29) is 5.69 Å². The molecule has 0 unspecified atom stereocenters. The second-order valence-corrected chi connectivity index (χ2v) is 5.03. The van der Waals surface area contributed by atoms with Crippen molar-refractivity contribution in [2.24, 2.45) is 0 Å². The van der Waals surface area contributed by atoms with Crippen molar-refractivity contribution in [3.63, 3.8) is 0 Å². The Bertz CT molecular complexity index is 871. The van der Waals surface area contributed by atoms with Crippen LogP contribution in [0.3, 0.4) is 0 Å². The van der Waals surface area contributed by atoms with Gasteiger partial charge in [0.05, 0.1) is 5.56 Å². The molecule has 0 aliphatic carbocycles. The van der Waals surface area contributed by atoms with Crippen LogP contribution in [0.15, 0.2) is 60.8 Å². The number of hydrogen-bond acceptors (Lipinski definition) is 2. The first-order valence-corrected chi connectivity index (χ1v) is 7.02.